The Hall–Kier alpha value is -2.38. The minimum atomic E-state index is -1.03. The van der Waals surface area contributed by atoms with Gasteiger partial charge in [-0.15, -0.1) is 0 Å². The molecular weight excluding hydrogens is 338 g/mol. The van der Waals surface area contributed by atoms with Gasteiger partial charge in [-0.3, -0.25) is 15.4 Å². The Morgan fingerprint density at radius 2 is 1.95 bits per heavy atom. The molecule has 2 aromatic rings. The second kappa shape index (κ2) is 6.59. The van der Waals surface area contributed by atoms with E-state index in [0.717, 1.165) is 12.1 Å². The Kier molecular flexibility index (Phi) is 4.79. The van der Waals surface area contributed by atoms with Gasteiger partial charge in [0.25, 0.3) is 5.69 Å². The van der Waals surface area contributed by atoms with Crippen molar-refractivity contribution in [3.05, 3.63) is 62.4 Å². The topological polar surface area (TPSA) is 81.5 Å². The number of hydrogen-bond acceptors (Lipinski definition) is 4. The van der Waals surface area contributed by atoms with Crippen LogP contribution in [0.15, 0.2) is 36.4 Å². The van der Waals surface area contributed by atoms with Gasteiger partial charge in [0.05, 0.1) is 16.0 Å². The molecule has 0 atom stereocenters. The molecule has 1 N–H and O–H groups in total. The SMILES string of the molecule is O=C(Nc1ccc(F)cc1[N+](=O)[O-])Oc1cc(Cl)ccc1Cl. The molecule has 0 saturated heterocycles. The Morgan fingerprint density at radius 3 is 2.64 bits per heavy atom. The number of benzene rings is 2. The van der Waals surface area contributed by atoms with Gasteiger partial charge in [0, 0.05) is 11.1 Å². The predicted molar refractivity (Wildman–Crippen MR) is 79.2 cm³/mol. The normalized spacial score (nSPS) is 10.1. The third-order valence-corrected chi connectivity index (χ3v) is 3.04. The summed E-state index contributed by atoms with van der Waals surface area (Å²) in [6.07, 6.45) is -1.03. The number of carbonyl (C=O) groups excluding carboxylic acids is 1. The van der Waals surface area contributed by atoms with Crippen molar-refractivity contribution >= 4 is 40.7 Å². The van der Waals surface area contributed by atoms with E-state index in [9.17, 15) is 19.3 Å². The lowest BCUT2D eigenvalue weighted by Gasteiger charge is -2.08. The molecule has 0 aliphatic carbocycles. The zero-order valence-electron chi connectivity index (χ0n) is 10.7. The van der Waals surface area contributed by atoms with Crippen LogP contribution in [0.5, 0.6) is 5.75 Å². The Bertz CT molecular complexity index is 755. The molecule has 0 bridgehead atoms. The van der Waals surface area contributed by atoms with Gasteiger partial charge >= 0.3 is 6.09 Å². The van der Waals surface area contributed by atoms with Crippen molar-refractivity contribution in [3.8, 4) is 5.75 Å². The number of nitrogens with one attached hydrogen (secondary N) is 1. The van der Waals surface area contributed by atoms with Gasteiger partial charge in [-0.05, 0) is 24.3 Å². The zero-order chi connectivity index (χ0) is 16.3. The quantitative estimate of drug-likeness (QED) is 0.648. The highest BCUT2D eigenvalue weighted by molar-refractivity contribution is 6.34. The number of hydrogen-bond donors (Lipinski definition) is 1. The fourth-order valence-corrected chi connectivity index (χ4v) is 1.87. The number of amides is 1. The second-order valence-electron chi connectivity index (χ2n) is 4.01. The molecule has 0 fully saturated rings. The third-order valence-electron chi connectivity index (χ3n) is 2.49. The van der Waals surface area contributed by atoms with E-state index in [-0.39, 0.29) is 16.5 Å². The first-order valence-electron chi connectivity index (χ1n) is 5.74. The first kappa shape index (κ1) is 16.0. The summed E-state index contributed by atoms with van der Waals surface area (Å²) >= 11 is 11.6. The van der Waals surface area contributed by atoms with E-state index < -0.39 is 22.5 Å². The molecule has 0 aromatic heterocycles. The standard InChI is InChI=1S/C13H7Cl2FN2O4/c14-7-1-3-9(15)12(5-7)22-13(19)17-10-4-2-8(16)6-11(10)18(20)21/h1-6H,(H,17,19). The number of carbonyl (C=O) groups is 1. The highest BCUT2D eigenvalue weighted by Gasteiger charge is 2.18. The summed E-state index contributed by atoms with van der Waals surface area (Å²) in [5.41, 5.74) is -0.816. The average Bonchev–Trinajstić information content (AvgIpc) is 2.44. The van der Waals surface area contributed by atoms with Gasteiger partial charge in [-0.25, -0.2) is 9.18 Å². The summed E-state index contributed by atoms with van der Waals surface area (Å²) in [7, 11) is 0. The van der Waals surface area contributed by atoms with Gasteiger partial charge in [-0.2, -0.15) is 0 Å². The molecule has 0 spiro atoms. The van der Waals surface area contributed by atoms with E-state index in [1.807, 2.05) is 0 Å². The first-order chi connectivity index (χ1) is 10.4. The minimum absolute atomic E-state index is 0.0172. The molecule has 114 valence electrons. The molecule has 9 heteroatoms. The first-order valence-corrected chi connectivity index (χ1v) is 6.50. The Morgan fingerprint density at radius 1 is 1.23 bits per heavy atom. The molecule has 2 rings (SSSR count). The van der Waals surface area contributed by atoms with Crippen molar-refractivity contribution in [2.24, 2.45) is 0 Å². The highest BCUT2D eigenvalue weighted by Crippen LogP contribution is 2.29. The predicted octanol–water partition coefficient (Wildman–Crippen LogP) is 4.65. The number of nitrogens with zero attached hydrogens (tertiary/aromatic N) is 1. The maximum absolute atomic E-state index is 13.0. The van der Waals surface area contributed by atoms with Crippen LogP contribution in [0, 0.1) is 15.9 Å². The molecule has 0 aliphatic heterocycles. The molecule has 0 unspecified atom stereocenters. The number of rotatable bonds is 3. The van der Waals surface area contributed by atoms with E-state index in [1.165, 1.54) is 18.2 Å². The van der Waals surface area contributed by atoms with Crippen LogP contribution in [-0.4, -0.2) is 11.0 Å². The van der Waals surface area contributed by atoms with Gasteiger partial charge in [0.1, 0.15) is 11.5 Å². The average molecular weight is 345 g/mol. The highest BCUT2D eigenvalue weighted by atomic mass is 35.5. The van der Waals surface area contributed by atoms with Crippen LogP contribution < -0.4 is 10.1 Å². The smallest absolute Gasteiger partial charge is 0.408 e. The van der Waals surface area contributed by atoms with Crippen molar-refractivity contribution < 1.29 is 18.8 Å². The number of nitro benzene ring substituents is 1. The lowest BCUT2D eigenvalue weighted by atomic mass is 10.2. The summed E-state index contributed by atoms with van der Waals surface area (Å²) < 4.78 is 17.9. The largest absolute Gasteiger partial charge is 0.417 e. The van der Waals surface area contributed by atoms with Crippen molar-refractivity contribution in [1.29, 1.82) is 0 Å². The number of anilines is 1. The Labute approximate surface area is 133 Å². The lowest BCUT2D eigenvalue weighted by molar-refractivity contribution is -0.384. The van der Waals surface area contributed by atoms with E-state index in [2.05, 4.69) is 5.32 Å². The van der Waals surface area contributed by atoms with Crippen LogP contribution in [0.1, 0.15) is 0 Å². The Balaban J connectivity index is 2.19. The third kappa shape index (κ3) is 3.84. The summed E-state index contributed by atoms with van der Waals surface area (Å²) in [5.74, 6) is -0.820. The van der Waals surface area contributed by atoms with E-state index in [0.29, 0.717) is 11.1 Å². The molecule has 0 aliphatic rings. The van der Waals surface area contributed by atoms with Crippen molar-refractivity contribution in [1.82, 2.24) is 0 Å². The molecule has 1 amide bonds. The molecular formula is C13H7Cl2FN2O4. The number of halogens is 3. The maximum atomic E-state index is 13.0. The van der Waals surface area contributed by atoms with Gasteiger partial charge in [0.15, 0.2) is 5.75 Å². The molecule has 2 aromatic carbocycles. The number of ether oxygens (including phenoxy) is 1. The molecule has 0 heterocycles. The lowest BCUT2D eigenvalue weighted by Crippen LogP contribution is -2.17. The van der Waals surface area contributed by atoms with Crippen LogP contribution in [0.2, 0.25) is 10.0 Å². The van der Waals surface area contributed by atoms with Crippen LogP contribution in [0.25, 0.3) is 0 Å². The van der Waals surface area contributed by atoms with Crippen LogP contribution >= 0.6 is 23.2 Å². The fraction of sp³-hybridized carbons (Fsp3) is 0. The molecule has 22 heavy (non-hydrogen) atoms. The van der Waals surface area contributed by atoms with Crippen molar-refractivity contribution in [2.45, 2.75) is 0 Å². The maximum Gasteiger partial charge on any atom is 0.417 e. The van der Waals surface area contributed by atoms with Crippen molar-refractivity contribution in [3.63, 3.8) is 0 Å². The van der Waals surface area contributed by atoms with E-state index in [1.54, 1.807) is 0 Å². The van der Waals surface area contributed by atoms with Gasteiger partial charge in [0.2, 0.25) is 0 Å². The van der Waals surface area contributed by atoms with Gasteiger partial charge < -0.3 is 4.74 Å². The van der Waals surface area contributed by atoms with Crippen LogP contribution in [0.4, 0.5) is 20.6 Å². The second-order valence-corrected chi connectivity index (χ2v) is 4.85. The number of nitro groups is 1. The monoisotopic (exact) mass is 344 g/mol. The summed E-state index contributed by atoms with van der Waals surface area (Å²) in [4.78, 5) is 21.7. The van der Waals surface area contributed by atoms with Crippen LogP contribution in [-0.2, 0) is 0 Å². The summed E-state index contributed by atoms with van der Waals surface area (Å²) in [6.45, 7) is 0. The van der Waals surface area contributed by atoms with Crippen molar-refractivity contribution in [2.75, 3.05) is 5.32 Å². The van der Waals surface area contributed by atoms with Crippen LogP contribution in [0.3, 0.4) is 0 Å². The molecule has 0 radical (unpaired) electrons. The summed E-state index contributed by atoms with van der Waals surface area (Å²) in [5, 5.41) is 13.4. The molecule has 0 saturated carbocycles. The van der Waals surface area contributed by atoms with E-state index >= 15 is 0 Å². The minimum Gasteiger partial charge on any atom is -0.408 e. The fourth-order valence-electron chi connectivity index (χ4n) is 1.55. The van der Waals surface area contributed by atoms with Gasteiger partial charge in [-0.1, -0.05) is 23.2 Å². The summed E-state index contributed by atoms with van der Waals surface area (Å²) in [6, 6.07) is 6.93. The van der Waals surface area contributed by atoms with E-state index in [4.69, 9.17) is 27.9 Å². The molecule has 6 nitrogen and oxygen atoms in total. The zero-order valence-corrected chi connectivity index (χ0v) is 12.2.